The molecule has 0 saturated heterocycles. The topological polar surface area (TPSA) is 62.9 Å². The van der Waals surface area contributed by atoms with Gasteiger partial charge in [0.05, 0.1) is 23.6 Å². The number of para-hydroxylation sites is 2. The van der Waals surface area contributed by atoms with Crippen LogP contribution in [0.25, 0.3) is 0 Å². The van der Waals surface area contributed by atoms with Crippen LogP contribution in [0, 0.1) is 5.92 Å². The SMILES string of the molecule is CCC(=O)N1c2ccccc2N=C2CC(c3ccccc3)CC(=O)C2C1c1ccco1. The molecule has 31 heavy (non-hydrogen) atoms. The van der Waals surface area contributed by atoms with Gasteiger partial charge < -0.3 is 4.42 Å². The van der Waals surface area contributed by atoms with Gasteiger partial charge in [0.15, 0.2) is 0 Å². The molecule has 3 atom stereocenters. The summed E-state index contributed by atoms with van der Waals surface area (Å²) in [6.45, 7) is 1.84. The van der Waals surface area contributed by atoms with Gasteiger partial charge in [-0.25, -0.2) is 0 Å². The van der Waals surface area contributed by atoms with Crippen LogP contribution in [0.15, 0.2) is 82.4 Å². The number of anilines is 1. The van der Waals surface area contributed by atoms with E-state index in [-0.39, 0.29) is 17.6 Å². The van der Waals surface area contributed by atoms with Crippen LogP contribution < -0.4 is 4.90 Å². The summed E-state index contributed by atoms with van der Waals surface area (Å²) in [6.07, 6.45) is 3.03. The molecule has 5 nitrogen and oxygen atoms in total. The Morgan fingerprint density at radius 1 is 1.03 bits per heavy atom. The second-order valence-electron chi connectivity index (χ2n) is 8.13. The average Bonchev–Trinajstić information content (AvgIpc) is 3.28. The predicted octanol–water partition coefficient (Wildman–Crippen LogP) is 5.61. The molecule has 3 aromatic rings. The molecule has 1 aliphatic heterocycles. The minimum atomic E-state index is -0.533. The highest BCUT2D eigenvalue weighted by Gasteiger charge is 2.47. The van der Waals surface area contributed by atoms with Gasteiger partial charge in [0.2, 0.25) is 5.91 Å². The lowest BCUT2D eigenvalue weighted by molar-refractivity contribution is -0.123. The molecule has 5 heteroatoms. The van der Waals surface area contributed by atoms with Crippen LogP contribution >= 0.6 is 0 Å². The Hall–Kier alpha value is -3.47. The van der Waals surface area contributed by atoms with Crippen LogP contribution in [0.1, 0.15) is 49.5 Å². The summed E-state index contributed by atoms with van der Waals surface area (Å²) in [6, 6.07) is 20.9. The summed E-state index contributed by atoms with van der Waals surface area (Å²) >= 11 is 0. The van der Waals surface area contributed by atoms with E-state index in [1.165, 1.54) is 0 Å². The third kappa shape index (κ3) is 3.40. The maximum atomic E-state index is 13.6. The van der Waals surface area contributed by atoms with Gasteiger partial charge in [-0.05, 0) is 42.2 Å². The van der Waals surface area contributed by atoms with Crippen LogP contribution in [-0.2, 0) is 9.59 Å². The van der Waals surface area contributed by atoms with Crippen LogP contribution in [0.2, 0.25) is 0 Å². The highest BCUT2D eigenvalue weighted by atomic mass is 16.3. The van der Waals surface area contributed by atoms with E-state index in [0.29, 0.717) is 25.0 Å². The van der Waals surface area contributed by atoms with Crippen molar-refractivity contribution in [2.75, 3.05) is 4.90 Å². The highest BCUT2D eigenvalue weighted by molar-refractivity contribution is 6.13. The van der Waals surface area contributed by atoms with Gasteiger partial charge in [0.1, 0.15) is 17.6 Å². The normalized spacial score (nSPS) is 22.9. The molecule has 156 valence electrons. The lowest BCUT2D eigenvalue weighted by Crippen LogP contribution is -2.45. The predicted molar refractivity (Wildman–Crippen MR) is 120 cm³/mol. The van der Waals surface area contributed by atoms with E-state index in [1.54, 1.807) is 17.2 Å². The fraction of sp³-hybridized carbons (Fsp3) is 0.269. The summed E-state index contributed by atoms with van der Waals surface area (Å²) in [7, 11) is 0. The molecule has 2 aromatic carbocycles. The molecule has 2 aliphatic rings. The van der Waals surface area contributed by atoms with Crippen molar-refractivity contribution in [3.05, 3.63) is 84.3 Å². The largest absolute Gasteiger partial charge is 0.467 e. The lowest BCUT2D eigenvalue weighted by atomic mass is 9.73. The van der Waals surface area contributed by atoms with Crippen molar-refractivity contribution in [3.63, 3.8) is 0 Å². The molecule has 1 fully saturated rings. The zero-order valence-corrected chi connectivity index (χ0v) is 17.4. The van der Waals surface area contributed by atoms with E-state index >= 15 is 0 Å². The second-order valence-corrected chi connectivity index (χ2v) is 8.13. The number of furan rings is 1. The molecule has 3 unspecified atom stereocenters. The standard InChI is InChI=1S/C26H24N2O3/c1-2-24(30)28-21-12-7-6-11-19(21)27-20-15-18(17-9-4-3-5-10-17)16-22(29)25(20)26(28)23-13-8-14-31-23/h3-14,18,25-26H,2,15-16H2,1H3. The number of hydrogen-bond donors (Lipinski definition) is 0. The molecule has 2 heterocycles. The number of Topliss-reactive ketones (excluding diaryl/α,β-unsaturated/α-hetero) is 1. The molecule has 0 N–H and O–H groups in total. The van der Waals surface area contributed by atoms with Gasteiger partial charge >= 0.3 is 0 Å². The first-order chi connectivity index (χ1) is 15.2. The van der Waals surface area contributed by atoms with Gasteiger partial charge in [-0.3, -0.25) is 19.5 Å². The minimum Gasteiger partial charge on any atom is -0.467 e. The second kappa shape index (κ2) is 7.99. The van der Waals surface area contributed by atoms with E-state index in [2.05, 4.69) is 12.1 Å². The quantitative estimate of drug-likeness (QED) is 0.561. The Morgan fingerprint density at radius 2 is 1.81 bits per heavy atom. The van der Waals surface area contributed by atoms with E-state index < -0.39 is 12.0 Å². The number of carbonyl (C=O) groups excluding carboxylic acids is 2. The average molecular weight is 412 g/mol. The maximum absolute atomic E-state index is 13.6. The Labute approximate surface area is 181 Å². The smallest absolute Gasteiger partial charge is 0.227 e. The van der Waals surface area contributed by atoms with Crippen LogP contribution in [0.3, 0.4) is 0 Å². The van der Waals surface area contributed by atoms with Gasteiger partial charge in [-0.15, -0.1) is 0 Å². The fourth-order valence-electron chi connectivity index (χ4n) is 4.87. The van der Waals surface area contributed by atoms with Crippen molar-refractivity contribution in [2.24, 2.45) is 10.9 Å². The number of hydrogen-bond acceptors (Lipinski definition) is 4. The third-order valence-corrected chi connectivity index (χ3v) is 6.29. The van der Waals surface area contributed by atoms with Crippen molar-refractivity contribution in [2.45, 2.75) is 38.1 Å². The number of rotatable bonds is 3. The minimum absolute atomic E-state index is 0.0525. The van der Waals surface area contributed by atoms with Gasteiger partial charge in [0.25, 0.3) is 0 Å². The number of amides is 1. The van der Waals surface area contributed by atoms with Crippen LogP contribution in [0.4, 0.5) is 11.4 Å². The van der Waals surface area contributed by atoms with Crippen molar-refractivity contribution in [1.82, 2.24) is 0 Å². The fourth-order valence-corrected chi connectivity index (χ4v) is 4.87. The molecule has 0 radical (unpaired) electrons. The van der Waals surface area contributed by atoms with Crippen LogP contribution in [0.5, 0.6) is 0 Å². The molecule has 5 rings (SSSR count). The molecule has 0 bridgehead atoms. The highest BCUT2D eigenvalue weighted by Crippen LogP contribution is 2.47. The van der Waals surface area contributed by atoms with Crippen molar-refractivity contribution < 1.29 is 14.0 Å². The third-order valence-electron chi connectivity index (χ3n) is 6.29. The summed E-state index contributed by atoms with van der Waals surface area (Å²) in [4.78, 5) is 33.5. The first-order valence-electron chi connectivity index (χ1n) is 10.8. The zero-order valence-electron chi connectivity index (χ0n) is 17.4. The molecular formula is C26H24N2O3. The number of fused-ring (bicyclic) bond motifs is 2. The Kier molecular flexibility index (Phi) is 5.02. The summed E-state index contributed by atoms with van der Waals surface area (Å²) in [5, 5.41) is 0. The number of ketones is 1. The molecule has 1 amide bonds. The van der Waals surface area contributed by atoms with Crippen LogP contribution in [-0.4, -0.2) is 17.4 Å². The molecule has 0 spiro atoms. The first kappa shape index (κ1) is 19.5. The van der Waals surface area contributed by atoms with Crippen molar-refractivity contribution >= 4 is 28.8 Å². The van der Waals surface area contributed by atoms with Crippen molar-refractivity contribution in [3.8, 4) is 0 Å². The molecule has 1 saturated carbocycles. The Morgan fingerprint density at radius 3 is 2.55 bits per heavy atom. The van der Waals surface area contributed by atoms with E-state index in [0.717, 1.165) is 22.6 Å². The van der Waals surface area contributed by atoms with E-state index in [1.807, 2.05) is 55.5 Å². The Balaban J connectivity index is 1.67. The lowest BCUT2D eigenvalue weighted by Gasteiger charge is -2.37. The van der Waals surface area contributed by atoms with E-state index in [9.17, 15) is 9.59 Å². The van der Waals surface area contributed by atoms with Gasteiger partial charge in [0, 0.05) is 18.6 Å². The summed E-state index contributed by atoms with van der Waals surface area (Å²) < 4.78 is 5.78. The monoisotopic (exact) mass is 412 g/mol. The first-order valence-corrected chi connectivity index (χ1v) is 10.8. The van der Waals surface area contributed by atoms with Crippen molar-refractivity contribution in [1.29, 1.82) is 0 Å². The Bertz CT molecular complexity index is 1130. The maximum Gasteiger partial charge on any atom is 0.227 e. The number of benzene rings is 2. The molecule has 1 aliphatic carbocycles. The zero-order chi connectivity index (χ0) is 21.4. The number of aliphatic imine (C=N–C) groups is 1. The van der Waals surface area contributed by atoms with Gasteiger partial charge in [-0.1, -0.05) is 49.4 Å². The number of nitrogens with zero attached hydrogens (tertiary/aromatic N) is 2. The van der Waals surface area contributed by atoms with Gasteiger partial charge in [-0.2, -0.15) is 0 Å². The van der Waals surface area contributed by atoms with E-state index in [4.69, 9.17) is 9.41 Å². The number of carbonyl (C=O) groups is 2. The molecular weight excluding hydrogens is 388 g/mol. The summed E-state index contributed by atoms with van der Waals surface area (Å²) in [5.74, 6) is 0.225. The molecule has 1 aromatic heterocycles. The summed E-state index contributed by atoms with van der Waals surface area (Å²) in [5.41, 5.74) is 3.41.